The first-order chi connectivity index (χ1) is 6.15. The van der Waals surface area contributed by atoms with Crippen LogP contribution in [-0.4, -0.2) is 0 Å². The number of rotatable bonds is 4. The summed E-state index contributed by atoms with van der Waals surface area (Å²) in [5, 5.41) is 0. The van der Waals surface area contributed by atoms with Crippen molar-refractivity contribution in [3.8, 4) is 0 Å². The zero-order valence-corrected chi connectivity index (χ0v) is 9.84. The fraction of sp³-hybridized carbons (Fsp3) is 1.00. The largest absolute Gasteiger partial charge is 0.0654 e. The Labute approximate surface area is 84.1 Å². The lowest BCUT2D eigenvalue weighted by molar-refractivity contribution is 0.273. The van der Waals surface area contributed by atoms with Crippen LogP contribution < -0.4 is 0 Å². The van der Waals surface area contributed by atoms with Gasteiger partial charge >= 0.3 is 0 Å². The second-order valence-corrected chi connectivity index (χ2v) is 5.34. The highest BCUT2D eigenvalue weighted by atomic mass is 14.4. The van der Waals surface area contributed by atoms with E-state index in [1.165, 1.54) is 32.1 Å². The van der Waals surface area contributed by atoms with Gasteiger partial charge in [0.05, 0.1) is 0 Å². The van der Waals surface area contributed by atoms with Crippen molar-refractivity contribution in [3.05, 3.63) is 0 Å². The van der Waals surface area contributed by atoms with Crippen molar-refractivity contribution in [2.24, 2.45) is 23.7 Å². The van der Waals surface area contributed by atoms with Gasteiger partial charge in [0.25, 0.3) is 0 Å². The molecule has 4 unspecified atom stereocenters. The van der Waals surface area contributed by atoms with E-state index < -0.39 is 0 Å². The summed E-state index contributed by atoms with van der Waals surface area (Å²) in [6.45, 7) is 9.64. The van der Waals surface area contributed by atoms with Gasteiger partial charge in [-0.1, -0.05) is 47.0 Å². The van der Waals surface area contributed by atoms with E-state index >= 15 is 0 Å². The molecule has 78 valence electrons. The Bertz CT molecular complexity index is 139. The first kappa shape index (κ1) is 11.1. The second-order valence-electron chi connectivity index (χ2n) is 5.34. The SMILES string of the molecule is CCCCC(C)C1CC(C)CC1C. The van der Waals surface area contributed by atoms with Gasteiger partial charge in [-0.3, -0.25) is 0 Å². The molecule has 0 spiro atoms. The van der Waals surface area contributed by atoms with E-state index in [9.17, 15) is 0 Å². The number of unbranched alkanes of at least 4 members (excludes halogenated alkanes) is 1. The lowest BCUT2D eigenvalue weighted by atomic mass is 9.83. The van der Waals surface area contributed by atoms with Crippen LogP contribution in [0.4, 0.5) is 0 Å². The van der Waals surface area contributed by atoms with Crippen LogP contribution in [0.5, 0.6) is 0 Å². The van der Waals surface area contributed by atoms with Crippen LogP contribution in [0.1, 0.15) is 59.8 Å². The van der Waals surface area contributed by atoms with Gasteiger partial charge in [-0.15, -0.1) is 0 Å². The minimum Gasteiger partial charge on any atom is -0.0654 e. The van der Waals surface area contributed by atoms with Crippen LogP contribution in [0.15, 0.2) is 0 Å². The third kappa shape index (κ3) is 3.00. The van der Waals surface area contributed by atoms with Crippen LogP contribution in [0.25, 0.3) is 0 Å². The van der Waals surface area contributed by atoms with E-state index in [1.54, 1.807) is 0 Å². The van der Waals surface area contributed by atoms with E-state index in [0.717, 1.165) is 23.7 Å². The van der Waals surface area contributed by atoms with Crippen molar-refractivity contribution in [1.29, 1.82) is 0 Å². The van der Waals surface area contributed by atoms with Crippen molar-refractivity contribution >= 4 is 0 Å². The summed E-state index contributed by atoms with van der Waals surface area (Å²) in [4.78, 5) is 0. The summed E-state index contributed by atoms with van der Waals surface area (Å²) in [7, 11) is 0. The minimum atomic E-state index is 0.972. The van der Waals surface area contributed by atoms with Crippen molar-refractivity contribution in [2.75, 3.05) is 0 Å². The molecular formula is C13H26. The maximum absolute atomic E-state index is 2.47. The van der Waals surface area contributed by atoms with Gasteiger partial charge in [-0.2, -0.15) is 0 Å². The molecule has 1 rings (SSSR count). The van der Waals surface area contributed by atoms with Crippen molar-refractivity contribution < 1.29 is 0 Å². The molecule has 0 amide bonds. The molecule has 0 saturated heterocycles. The molecule has 0 heterocycles. The Morgan fingerprint density at radius 3 is 2.38 bits per heavy atom. The van der Waals surface area contributed by atoms with Gasteiger partial charge in [0.15, 0.2) is 0 Å². The Morgan fingerprint density at radius 2 is 1.92 bits per heavy atom. The topological polar surface area (TPSA) is 0 Å². The quantitative estimate of drug-likeness (QED) is 0.600. The molecule has 0 nitrogen and oxygen atoms in total. The zero-order valence-electron chi connectivity index (χ0n) is 9.84. The summed E-state index contributed by atoms with van der Waals surface area (Å²) in [5.74, 6) is 3.98. The van der Waals surface area contributed by atoms with Crippen LogP contribution in [0.3, 0.4) is 0 Å². The molecule has 0 N–H and O–H groups in total. The van der Waals surface area contributed by atoms with Crippen LogP contribution in [0, 0.1) is 23.7 Å². The summed E-state index contributed by atoms with van der Waals surface area (Å²) in [5.41, 5.74) is 0. The summed E-state index contributed by atoms with van der Waals surface area (Å²) in [6, 6.07) is 0. The van der Waals surface area contributed by atoms with E-state index in [0.29, 0.717) is 0 Å². The van der Waals surface area contributed by atoms with E-state index in [-0.39, 0.29) is 0 Å². The maximum atomic E-state index is 2.47. The molecule has 1 saturated carbocycles. The fourth-order valence-corrected chi connectivity index (χ4v) is 3.14. The lowest BCUT2D eigenvalue weighted by Gasteiger charge is -2.23. The van der Waals surface area contributed by atoms with Crippen molar-refractivity contribution in [2.45, 2.75) is 59.8 Å². The average molecular weight is 182 g/mol. The Kier molecular flexibility index (Phi) is 4.28. The predicted octanol–water partition coefficient (Wildman–Crippen LogP) is 4.49. The van der Waals surface area contributed by atoms with Crippen LogP contribution in [-0.2, 0) is 0 Å². The highest BCUT2D eigenvalue weighted by Crippen LogP contribution is 2.41. The smallest absolute Gasteiger partial charge is 0.0360 e. The molecule has 0 aromatic heterocycles. The Hall–Kier alpha value is 0. The van der Waals surface area contributed by atoms with Gasteiger partial charge in [-0.25, -0.2) is 0 Å². The molecule has 13 heavy (non-hydrogen) atoms. The lowest BCUT2D eigenvalue weighted by Crippen LogP contribution is -2.14. The summed E-state index contributed by atoms with van der Waals surface area (Å²) >= 11 is 0. The highest BCUT2D eigenvalue weighted by molar-refractivity contribution is 4.82. The van der Waals surface area contributed by atoms with E-state index in [4.69, 9.17) is 0 Å². The molecule has 0 radical (unpaired) electrons. The molecule has 1 aliphatic rings. The standard InChI is InChI=1S/C13H26/c1-5-6-7-11(3)13-9-10(2)8-12(13)4/h10-13H,5-9H2,1-4H3. The van der Waals surface area contributed by atoms with Gasteiger partial charge in [0, 0.05) is 0 Å². The molecule has 1 aliphatic carbocycles. The molecular weight excluding hydrogens is 156 g/mol. The molecule has 0 aliphatic heterocycles. The van der Waals surface area contributed by atoms with Gasteiger partial charge in [0.2, 0.25) is 0 Å². The average Bonchev–Trinajstić information content (AvgIpc) is 2.41. The molecule has 4 atom stereocenters. The van der Waals surface area contributed by atoms with Crippen LogP contribution in [0.2, 0.25) is 0 Å². The van der Waals surface area contributed by atoms with Crippen molar-refractivity contribution in [1.82, 2.24) is 0 Å². The monoisotopic (exact) mass is 182 g/mol. The number of hydrogen-bond acceptors (Lipinski definition) is 0. The minimum absolute atomic E-state index is 0.972. The molecule has 1 fully saturated rings. The fourth-order valence-electron chi connectivity index (χ4n) is 3.14. The number of hydrogen-bond donors (Lipinski definition) is 0. The normalized spacial score (nSPS) is 36.5. The molecule has 0 aromatic rings. The van der Waals surface area contributed by atoms with Gasteiger partial charge in [0.1, 0.15) is 0 Å². The summed E-state index contributed by atoms with van der Waals surface area (Å²) in [6.07, 6.45) is 7.21. The third-order valence-corrected chi connectivity index (χ3v) is 3.92. The molecule has 0 aromatic carbocycles. The first-order valence-corrected chi connectivity index (χ1v) is 6.15. The van der Waals surface area contributed by atoms with Crippen LogP contribution >= 0.6 is 0 Å². The Balaban J connectivity index is 2.33. The van der Waals surface area contributed by atoms with Gasteiger partial charge in [-0.05, 0) is 36.5 Å². The Morgan fingerprint density at radius 1 is 1.23 bits per heavy atom. The first-order valence-electron chi connectivity index (χ1n) is 6.15. The molecule has 0 heteroatoms. The van der Waals surface area contributed by atoms with E-state index in [2.05, 4.69) is 27.7 Å². The third-order valence-electron chi connectivity index (χ3n) is 3.92. The van der Waals surface area contributed by atoms with Gasteiger partial charge < -0.3 is 0 Å². The zero-order chi connectivity index (χ0) is 9.84. The summed E-state index contributed by atoms with van der Waals surface area (Å²) < 4.78 is 0. The maximum Gasteiger partial charge on any atom is -0.0360 e. The van der Waals surface area contributed by atoms with E-state index in [1.807, 2.05) is 0 Å². The van der Waals surface area contributed by atoms with Crippen molar-refractivity contribution in [3.63, 3.8) is 0 Å². The molecule has 0 bridgehead atoms. The second kappa shape index (κ2) is 5.02. The highest BCUT2D eigenvalue weighted by Gasteiger charge is 2.31. The predicted molar refractivity (Wildman–Crippen MR) is 59.7 cm³/mol.